The molecule has 1 amide bonds. The number of hydrogen-bond donors (Lipinski definition) is 1. The molecule has 31 heavy (non-hydrogen) atoms. The zero-order chi connectivity index (χ0) is 21.8. The number of likely N-dealkylation sites (tertiary alicyclic amines) is 2. The number of carbonyl (C=O) groups is 1. The normalized spacial score (nSPS) is 33.0. The van der Waals surface area contributed by atoms with Crippen LogP contribution in [0, 0.1) is 5.41 Å². The predicted molar refractivity (Wildman–Crippen MR) is 123 cm³/mol. The average Bonchev–Trinajstić information content (AvgIpc) is 3.30. The lowest BCUT2D eigenvalue weighted by Gasteiger charge is -2.49. The summed E-state index contributed by atoms with van der Waals surface area (Å²) in [5, 5.41) is 7.54. The average molecular weight is 421 g/mol. The van der Waals surface area contributed by atoms with Crippen molar-refractivity contribution in [2.24, 2.45) is 5.41 Å². The Morgan fingerprint density at radius 1 is 1.19 bits per heavy atom. The minimum absolute atomic E-state index is 0.121. The second-order valence-corrected chi connectivity index (χ2v) is 10.6. The molecule has 5 rings (SSSR count). The summed E-state index contributed by atoms with van der Waals surface area (Å²) in [5.41, 5.74) is 3.14. The van der Waals surface area contributed by atoms with E-state index in [0.717, 1.165) is 25.0 Å². The zero-order valence-corrected chi connectivity index (χ0v) is 19.3. The van der Waals surface area contributed by atoms with Gasteiger partial charge in [-0.15, -0.1) is 0 Å². The topological polar surface area (TPSA) is 52.2 Å². The Hall–Kier alpha value is -2.14. The molecule has 0 spiro atoms. The summed E-state index contributed by atoms with van der Waals surface area (Å²) in [5.74, 6) is 0.458. The monoisotopic (exact) mass is 420 g/mol. The van der Waals surface area contributed by atoms with E-state index < -0.39 is 0 Å². The van der Waals surface area contributed by atoms with Crippen molar-refractivity contribution in [3.8, 4) is 0 Å². The van der Waals surface area contributed by atoms with Gasteiger partial charge >= 0.3 is 0 Å². The van der Waals surface area contributed by atoms with Crippen molar-refractivity contribution in [3.05, 3.63) is 53.3 Å². The van der Waals surface area contributed by atoms with Crippen molar-refractivity contribution in [1.29, 1.82) is 0 Å². The molecule has 2 bridgehead atoms. The molecule has 1 aromatic carbocycles. The third-order valence-electron chi connectivity index (χ3n) is 8.49. The van der Waals surface area contributed by atoms with E-state index in [9.17, 15) is 4.79 Å². The summed E-state index contributed by atoms with van der Waals surface area (Å²) < 4.78 is 0. The molecule has 0 unspecified atom stereocenters. The lowest BCUT2D eigenvalue weighted by Crippen LogP contribution is -2.58. The molecule has 5 atom stereocenters. The van der Waals surface area contributed by atoms with Crippen LogP contribution >= 0.6 is 0 Å². The van der Waals surface area contributed by atoms with Gasteiger partial charge in [0.2, 0.25) is 0 Å². The van der Waals surface area contributed by atoms with E-state index in [2.05, 4.69) is 78.1 Å². The zero-order valence-electron chi connectivity index (χ0n) is 19.3. The number of aromatic nitrogens is 2. The van der Waals surface area contributed by atoms with Crippen LogP contribution in [-0.4, -0.2) is 57.1 Å². The Balaban J connectivity index is 1.54. The first-order chi connectivity index (χ1) is 14.9. The SMILES string of the molecule is CC(C)c1cc(C(=O)N2[C@H]3CCCC[C@H]4N(C)[C@H](Cc5ccccc5)[C@@H]2C[C@@]34C)n[nH]1. The fourth-order valence-corrected chi connectivity index (χ4v) is 6.86. The van der Waals surface area contributed by atoms with Crippen LogP contribution in [0.5, 0.6) is 0 Å². The minimum Gasteiger partial charge on any atom is -0.329 e. The predicted octanol–water partition coefficient (Wildman–Crippen LogP) is 4.62. The first-order valence-electron chi connectivity index (χ1n) is 12.0. The number of rotatable bonds is 4. The number of aromatic amines is 1. The van der Waals surface area contributed by atoms with E-state index in [4.69, 9.17) is 0 Å². The summed E-state index contributed by atoms with van der Waals surface area (Å²) in [6, 6.07) is 14.2. The lowest BCUT2D eigenvalue weighted by molar-refractivity contribution is 0.0155. The number of fused-ring (bicyclic) bond motifs is 1. The van der Waals surface area contributed by atoms with Gasteiger partial charge < -0.3 is 4.90 Å². The smallest absolute Gasteiger partial charge is 0.274 e. The number of carbonyl (C=O) groups excluding carboxylic acids is 1. The number of amides is 1. The first kappa shape index (κ1) is 20.7. The minimum atomic E-state index is 0.121. The molecule has 0 radical (unpaired) electrons. The van der Waals surface area contributed by atoms with Gasteiger partial charge in [0.1, 0.15) is 5.69 Å². The summed E-state index contributed by atoms with van der Waals surface area (Å²) >= 11 is 0. The van der Waals surface area contributed by atoms with Crippen LogP contribution in [0.2, 0.25) is 0 Å². The van der Waals surface area contributed by atoms with E-state index in [-0.39, 0.29) is 17.4 Å². The van der Waals surface area contributed by atoms with E-state index in [1.807, 2.05) is 6.07 Å². The molecule has 1 N–H and O–H groups in total. The molecule has 2 aliphatic heterocycles. The number of hydrogen-bond acceptors (Lipinski definition) is 3. The second-order valence-electron chi connectivity index (χ2n) is 10.6. The third kappa shape index (κ3) is 3.32. The van der Waals surface area contributed by atoms with E-state index in [1.165, 1.54) is 24.8 Å². The van der Waals surface area contributed by atoms with Crippen molar-refractivity contribution in [2.75, 3.05) is 7.05 Å². The van der Waals surface area contributed by atoms with Gasteiger partial charge in [-0.3, -0.25) is 14.8 Å². The highest BCUT2D eigenvalue weighted by Gasteiger charge is 2.62. The fraction of sp³-hybridized carbons (Fsp3) is 0.615. The maximum atomic E-state index is 13.9. The number of nitrogens with zero attached hydrogens (tertiary/aromatic N) is 3. The van der Waals surface area contributed by atoms with Gasteiger partial charge in [0, 0.05) is 35.3 Å². The largest absolute Gasteiger partial charge is 0.329 e. The van der Waals surface area contributed by atoms with Crippen LogP contribution in [0.3, 0.4) is 0 Å². The number of benzene rings is 1. The van der Waals surface area contributed by atoms with Crippen molar-refractivity contribution in [1.82, 2.24) is 20.0 Å². The Labute approximate surface area is 186 Å². The third-order valence-corrected chi connectivity index (χ3v) is 8.49. The number of likely N-dealkylation sites (N-methyl/N-ethyl adjacent to an activating group) is 1. The van der Waals surface area contributed by atoms with E-state index in [0.29, 0.717) is 29.7 Å². The maximum absolute atomic E-state index is 13.9. The Kier molecular flexibility index (Phi) is 5.20. The highest BCUT2D eigenvalue weighted by atomic mass is 16.2. The fourth-order valence-electron chi connectivity index (χ4n) is 6.86. The van der Waals surface area contributed by atoms with Crippen LogP contribution in [-0.2, 0) is 6.42 Å². The molecule has 5 nitrogen and oxygen atoms in total. The van der Waals surface area contributed by atoms with E-state index in [1.54, 1.807) is 0 Å². The lowest BCUT2D eigenvalue weighted by atomic mass is 9.69. The summed E-state index contributed by atoms with van der Waals surface area (Å²) in [7, 11) is 2.31. The molecule has 2 saturated heterocycles. The molecule has 5 heteroatoms. The molecule has 3 fully saturated rings. The van der Waals surface area contributed by atoms with Gasteiger partial charge in [0.05, 0.1) is 0 Å². The number of H-pyrrole nitrogens is 1. The van der Waals surface area contributed by atoms with Crippen molar-refractivity contribution in [2.45, 2.75) is 89.4 Å². The number of piperidine rings is 1. The maximum Gasteiger partial charge on any atom is 0.274 e. The summed E-state index contributed by atoms with van der Waals surface area (Å²) in [6.07, 6.45) is 6.92. The molecule has 166 valence electrons. The highest BCUT2D eigenvalue weighted by Crippen LogP contribution is 2.55. The van der Waals surface area contributed by atoms with Gasteiger partial charge in [-0.2, -0.15) is 5.10 Å². The molecule has 1 aliphatic carbocycles. The molecule has 3 aliphatic rings. The highest BCUT2D eigenvalue weighted by molar-refractivity contribution is 5.93. The Bertz CT molecular complexity index is 938. The molecular weight excluding hydrogens is 384 g/mol. The Morgan fingerprint density at radius 3 is 2.58 bits per heavy atom. The van der Waals surface area contributed by atoms with Crippen LogP contribution in [0.25, 0.3) is 0 Å². The van der Waals surface area contributed by atoms with Crippen LogP contribution in [0.1, 0.15) is 80.5 Å². The van der Waals surface area contributed by atoms with Gasteiger partial charge in [0.25, 0.3) is 5.91 Å². The van der Waals surface area contributed by atoms with Gasteiger partial charge in [-0.1, -0.05) is 63.9 Å². The van der Waals surface area contributed by atoms with Crippen molar-refractivity contribution < 1.29 is 4.79 Å². The van der Waals surface area contributed by atoms with Crippen LogP contribution in [0.4, 0.5) is 0 Å². The Morgan fingerprint density at radius 2 is 1.90 bits per heavy atom. The van der Waals surface area contributed by atoms with E-state index >= 15 is 0 Å². The quantitative estimate of drug-likeness (QED) is 0.785. The molecule has 2 aromatic rings. The number of nitrogens with one attached hydrogen (secondary N) is 1. The van der Waals surface area contributed by atoms with Crippen LogP contribution < -0.4 is 0 Å². The first-order valence-corrected chi connectivity index (χ1v) is 12.0. The van der Waals surface area contributed by atoms with Crippen molar-refractivity contribution in [3.63, 3.8) is 0 Å². The standard InChI is InChI=1S/C26H36N4O/c1-17(2)19-15-20(28-27-19)25(31)30-22-16-26(3)23(12-8-9-13-24(26)30)29(4)21(22)14-18-10-6-5-7-11-18/h5-7,10-11,15,17,21-24H,8-9,12-14,16H2,1-4H3,(H,27,28)/t21-,22+,23-,24+,26-/m1/s1. The van der Waals surface area contributed by atoms with Crippen molar-refractivity contribution >= 4 is 5.91 Å². The second kappa shape index (κ2) is 7.77. The van der Waals surface area contributed by atoms with Gasteiger partial charge in [0.15, 0.2) is 0 Å². The molecular formula is C26H36N4O. The van der Waals surface area contributed by atoms with Gasteiger partial charge in [-0.05, 0) is 50.3 Å². The molecule has 3 heterocycles. The summed E-state index contributed by atoms with van der Waals surface area (Å²) in [4.78, 5) is 18.8. The van der Waals surface area contributed by atoms with Gasteiger partial charge in [-0.25, -0.2) is 0 Å². The molecule has 1 saturated carbocycles. The molecule has 1 aromatic heterocycles. The summed E-state index contributed by atoms with van der Waals surface area (Å²) in [6.45, 7) is 6.71. The van der Waals surface area contributed by atoms with Crippen LogP contribution in [0.15, 0.2) is 36.4 Å².